The van der Waals surface area contributed by atoms with Crippen LogP contribution in [0.3, 0.4) is 0 Å². The number of fused-ring (bicyclic) bond motifs is 1. The van der Waals surface area contributed by atoms with Crippen molar-refractivity contribution in [1.29, 1.82) is 0 Å². The highest BCUT2D eigenvalue weighted by Crippen LogP contribution is 2.32. The molecule has 0 spiro atoms. The zero-order chi connectivity index (χ0) is 37.3. The molecule has 1 aliphatic rings. The second-order valence-electron chi connectivity index (χ2n) is 14.5. The molecular weight excluding hydrogens is 648 g/mol. The van der Waals surface area contributed by atoms with Gasteiger partial charge in [-0.15, -0.1) is 10.2 Å². The second kappa shape index (κ2) is 17.5. The van der Waals surface area contributed by atoms with Crippen molar-refractivity contribution in [3.8, 4) is 11.5 Å². The Morgan fingerprint density at radius 2 is 1.78 bits per heavy atom. The third-order valence-corrected chi connectivity index (χ3v) is 9.13. The highest BCUT2D eigenvalue weighted by atomic mass is 16.2. The predicted octanol–water partition coefficient (Wildman–Crippen LogP) is 4.04. The van der Waals surface area contributed by atoms with Crippen LogP contribution in [-0.4, -0.2) is 80.5 Å². The largest absolute Gasteiger partial charge is 0.357 e. The van der Waals surface area contributed by atoms with Gasteiger partial charge in [-0.05, 0) is 64.2 Å². The second-order valence-corrected chi connectivity index (χ2v) is 14.5. The zero-order valence-electron chi connectivity index (χ0n) is 31.4. The molecule has 3 N–H and O–H groups in total. The Kier molecular flexibility index (Phi) is 13.4. The summed E-state index contributed by atoms with van der Waals surface area (Å²) in [6.45, 7) is 15.4. The fraction of sp³-hybridized carbons (Fsp3) is 0.568. The normalized spacial score (nSPS) is 13.4. The monoisotopic (exact) mass is 702 g/mol. The van der Waals surface area contributed by atoms with Crippen LogP contribution in [-0.2, 0) is 34.0 Å². The van der Waals surface area contributed by atoms with Crippen molar-refractivity contribution in [2.24, 2.45) is 5.41 Å². The molecule has 1 atom stereocenters. The highest BCUT2D eigenvalue weighted by molar-refractivity contribution is 6.10. The van der Waals surface area contributed by atoms with E-state index in [4.69, 9.17) is 9.97 Å². The molecule has 14 heteroatoms. The van der Waals surface area contributed by atoms with E-state index in [-0.39, 0.29) is 41.5 Å². The van der Waals surface area contributed by atoms with Crippen LogP contribution in [0.2, 0.25) is 0 Å². The average molecular weight is 703 g/mol. The van der Waals surface area contributed by atoms with E-state index in [9.17, 15) is 19.2 Å². The van der Waals surface area contributed by atoms with E-state index in [1.54, 1.807) is 11.2 Å². The lowest BCUT2D eigenvalue weighted by Gasteiger charge is -2.29. The summed E-state index contributed by atoms with van der Waals surface area (Å²) in [4.78, 5) is 64.1. The summed E-state index contributed by atoms with van der Waals surface area (Å²) in [5.41, 5.74) is 2.39. The van der Waals surface area contributed by atoms with Crippen LogP contribution < -0.4 is 25.8 Å². The molecular formula is C37H54N10O4. The molecule has 51 heavy (non-hydrogen) atoms. The Labute approximate surface area is 301 Å². The molecule has 3 aromatic heterocycles. The maximum absolute atomic E-state index is 13.8. The Morgan fingerprint density at radius 3 is 2.47 bits per heavy atom. The Hall–Kier alpha value is -4.72. The fourth-order valence-electron chi connectivity index (χ4n) is 6.02. The summed E-state index contributed by atoms with van der Waals surface area (Å²) in [6.07, 6.45) is 5.29. The number of anilines is 2. The molecule has 0 fully saturated rings. The van der Waals surface area contributed by atoms with E-state index < -0.39 is 6.04 Å². The Bertz CT molecular complexity index is 1700. The maximum atomic E-state index is 13.8. The number of aryl methyl sites for hydroxylation is 1. The number of hydrogen-bond acceptors (Lipinski definition) is 10. The van der Waals surface area contributed by atoms with Crippen LogP contribution in [0.1, 0.15) is 102 Å². The number of aromatic nitrogens is 5. The molecule has 0 bridgehead atoms. The van der Waals surface area contributed by atoms with Gasteiger partial charge in [-0.2, -0.15) is 0 Å². The Balaban J connectivity index is 1.29. The number of unbranched alkanes of at least 4 members (excludes halogenated alkanes) is 3. The van der Waals surface area contributed by atoms with Gasteiger partial charge in [0.1, 0.15) is 23.7 Å². The molecule has 0 saturated carbocycles. The number of carbonyl (C=O) groups excluding carboxylic acids is 4. The van der Waals surface area contributed by atoms with Gasteiger partial charge in [0.15, 0.2) is 11.6 Å². The zero-order valence-corrected chi connectivity index (χ0v) is 31.4. The van der Waals surface area contributed by atoms with Gasteiger partial charge >= 0.3 is 0 Å². The predicted molar refractivity (Wildman–Crippen MR) is 197 cm³/mol. The van der Waals surface area contributed by atoms with Gasteiger partial charge in [0, 0.05) is 44.7 Å². The standard InChI is InChI=1S/C37H54N10O4/c1-9-46-23-40-44-35(46)28-15-14-16-30(41-28)47-22-27-26(36(47)51)19-31(45(8)24(2)3)42-29(27)20-38-21-33(50)39-18-13-11-10-12-17-32(49)43-34(25(4)48)37(5,6)7/h14-16,19,23-24,34,38H,9-13,17-18,20-22H2,1-8H3,(H,39,50)(H,43,49)/t34-/m1/s1. The lowest BCUT2D eigenvalue weighted by molar-refractivity contribution is -0.129. The molecule has 1 aliphatic heterocycles. The molecule has 4 rings (SSSR count). The molecule has 0 saturated heterocycles. The van der Waals surface area contributed by atoms with Crippen LogP contribution in [0.5, 0.6) is 0 Å². The number of ketones is 1. The van der Waals surface area contributed by atoms with E-state index in [2.05, 4.69) is 40.0 Å². The van der Waals surface area contributed by atoms with Crippen molar-refractivity contribution in [2.45, 2.75) is 112 Å². The quantitative estimate of drug-likeness (QED) is 0.165. The molecule has 3 aromatic rings. The van der Waals surface area contributed by atoms with Crippen molar-refractivity contribution < 1.29 is 19.2 Å². The summed E-state index contributed by atoms with van der Waals surface area (Å²) in [7, 11) is 1.95. The third kappa shape index (κ3) is 10.2. The van der Waals surface area contributed by atoms with Crippen molar-refractivity contribution >= 4 is 35.1 Å². The van der Waals surface area contributed by atoms with Gasteiger partial charge in [-0.25, -0.2) is 9.97 Å². The SMILES string of the molecule is CCn1cnnc1-c1cccc(N2Cc3c(cc(N(C)C(C)C)nc3CNCC(=O)NCCCCCCC(=O)N[C@H](C(C)=O)C(C)(C)C)C2=O)n1. The van der Waals surface area contributed by atoms with Gasteiger partial charge < -0.3 is 25.4 Å². The lowest BCUT2D eigenvalue weighted by atomic mass is 9.84. The number of hydrogen-bond donors (Lipinski definition) is 3. The third-order valence-electron chi connectivity index (χ3n) is 9.13. The lowest BCUT2D eigenvalue weighted by Crippen LogP contribution is -2.48. The minimum Gasteiger partial charge on any atom is -0.357 e. The number of nitrogens with one attached hydrogen (secondary N) is 3. The van der Waals surface area contributed by atoms with Gasteiger partial charge in [0.2, 0.25) is 11.8 Å². The maximum Gasteiger partial charge on any atom is 0.260 e. The van der Waals surface area contributed by atoms with Crippen LogP contribution in [0.4, 0.5) is 11.6 Å². The van der Waals surface area contributed by atoms with Gasteiger partial charge in [0.05, 0.1) is 30.4 Å². The topological polar surface area (TPSA) is 167 Å². The first kappa shape index (κ1) is 39.1. The van der Waals surface area contributed by atoms with E-state index in [1.165, 1.54) is 6.92 Å². The fourth-order valence-corrected chi connectivity index (χ4v) is 6.02. The smallest absolute Gasteiger partial charge is 0.260 e. The average Bonchev–Trinajstić information content (AvgIpc) is 3.70. The Morgan fingerprint density at radius 1 is 1.04 bits per heavy atom. The summed E-state index contributed by atoms with van der Waals surface area (Å²) >= 11 is 0. The van der Waals surface area contributed by atoms with E-state index in [0.29, 0.717) is 67.0 Å². The first-order valence-corrected chi connectivity index (χ1v) is 17.9. The van der Waals surface area contributed by atoms with Gasteiger partial charge in [0.25, 0.3) is 5.91 Å². The first-order chi connectivity index (χ1) is 24.2. The minimum absolute atomic E-state index is 0.0413. The first-order valence-electron chi connectivity index (χ1n) is 17.9. The highest BCUT2D eigenvalue weighted by Gasteiger charge is 2.34. The molecule has 3 amide bonds. The van der Waals surface area contributed by atoms with Gasteiger partial charge in [-0.3, -0.25) is 24.1 Å². The molecule has 0 aliphatic carbocycles. The van der Waals surface area contributed by atoms with Gasteiger partial charge in [-0.1, -0.05) is 39.7 Å². The van der Waals surface area contributed by atoms with E-state index in [1.807, 2.05) is 68.5 Å². The number of carbonyl (C=O) groups is 4. The summed E-state index contributed by atoms with van der Waals surface area (Å²) in [6, 6.07) is 7.04. The number of nitrogens with zero attached hydrogens (tertiary/aromatic N) is 7. The van der Waals surface area contributed by atoms with Crippen LogP contribution in [0.25, 0.3) is 11.5 Å². The van der Waals surface area contributed by atoms with Crippen molar-refractivity contribution in [2.75, 3.05) is 29.9 Å². The molecule has 0 unspecified atom stereocenters. The summed E-state index contributed by atoms with van der Waals surface area (Å²) in [5.74, 6) is 1.40. The molecule has 276 valence electrons. The molecule has 0 radical (unpaired) electrons. The molecule has 4 heterocycles. The number of amides is 3. The van der Waals surface area contributed by atoms with Crippen molar-refractivity contribution in [1.82, 2.24) is 40.7 Å². The van der Waals surface area contributed by atoms with Crippen molar-refractivity contribution in [3.05, 3.63) is 47.4 Å². The summed E-state index contributed by atoms with van der Waals surface area (Å²) in [5, 5.41) is 17.3. The van der Waals surface area contributed by atoms with E-state index >= 15 is 0 Å². The van der Waals surface area contributed by atoms with Crippen LogP contribution >= 0.6 is 0 Å². The number of Topliss-reactive ketones (excluding diaryl/α,β-unsaturated/α-hetero) is 1. The van der Waals surface area contributed by atoms with Crippen LogP contribution in [0, 0.1) is 5.41 Å². The number of pyridine rings is 2. The number of rotatable bonds is 18. The van der Waals surface area contributed by atoms with Crippen molar-refractivity contribution in [3.63, 3.8) is 0 Å². The minimum atomic E-state index is -0.492. The molecule has 0 aromatic carbocycles. The van der Waals surface area contributed by atoms with Crippen LogP contribution in [0.15, 0.2) is 30.6 Å². The molecule has 14 nitrogen and oxygen atoms in total. The van der Waals surface area contributed by atoms with E-state index in [0.717, 1.165) is 31.2 Å². The summed E-state index contributed by atoms with van der Waals surface area (Å²) < 4.78 is 1.90.